The number of piperazine rings is 1. The van der Waals surface area contributed by atoms with Crippen LogP contribution in [0, 0.1) is 0 Å². The van der Waals surface area contributed by atoms with E-state index in [-0.39, 0.29) is 43.7 Å². The van der Waals surface area contributed by atoms with Gasteiger partial charge in [-0.15, -0.1) is 0 Å². The average molecular weight is 603 g/mol. The van der Waals surface area contributed by atoms with Crippen LogP contribution in [0.5, 0.6) is 0 Å². The highest BCUT2D eigenvalue weighted by atomic mass is 32.2. The van der Waals surface area contributed by atoms with E-state index in [4.69, 9.17) is 4.74 Å². The van der Waals surface area contributed by atoms with Gasteiger partial charge in [0, 0.05) is 60.8 Å². The van der Waals surface area contributed by atoms with Gasteiger partial charge in [-0.3, -0.25) is 14.5 Å². The Kier molecular flexibility index (Phi) is 10.00. The summed E-state index contributed by atoms with van der Waals surface area (Å²) < 4.78 is 90.1. The molecule has 0 spiro atoms. The molecule has 0 radical (unpaired) electrons. The number of alkyl halides is 6. The molecule has 2 saturated heterocycles. The zero-order valence-corrected chi connectivity index (χ0v) is 22.6. The maximum absolute atomic E-state index is 14.2. The van der Waals surface area contributed by atoms with Crippen molar-refractivity contribution in [3.8, 4) is 0 Å². The van der Waals surface area contributed by atoms with Crippen molar-refractivity contribution in [1.82, 2.24) is 15.1 Å². The van der Waals surface area contributed by atoms with Crippen LogP contribution in [0.4, 0.5) is 32.0 Å². The SMILES string of the molecule is O=C(CN1CCNCC1)Nc1cccc(Sc2ccc(C=CC(=O)N3CCOCC3)c(C(F)(F)F)c2C(F)(F)F)c1. The maximum Gasteiger partial charge on any atom is 0.418 e. The highest BCUT2D eigenvalue weighted by Gasteiger charge is 2.46. The molecule has 4 rings (SSSR count). The molecule has 2 N–H and O–H groups in total. The monoisotopic (exact) mass is 602 g/mol. The Balaban J connectivity index is 1.60. The summed E-state index contributed by atoms with van der Waals surface area (Å²) >= 11 is 0.501. The number of ether oxygens (including phenoxy) is 1. The minimum absolute atomic E-state index is 0.134. The van der Waals surface area contributed by atoms with Crippen LogP contribution in [0.25, 0.3) is 6.08 Å². The Hall–Kier alpha value is -3.07. The number of nitrogens with zero attached hydrogens (tertiary/aromatic N) is 2. The zero-order valence-electron chi connectivity index (χ0n) is 21.8. The van der Waals surface area contributed by atoms with Gasteiger partial charge >= 0.3 is 12.4 Å². The van der Waals surface area contributed by atoms with Crippen molar-refractivity contribution in [2.75, 3.05) is 64.3 Å². The van der Waals surface area contributed by atoms with Crippen LogP contribution in [0.15, 0.2) is 52.3 Å². The van der Waals surface area contributed by atoms with Crippen LogP contribution in [0.1, 0.15) is 16.7 Å². The standard InChI is InChI=1S/C27H28F6N4O3S/c28-26(29,30)24-18(5-7-23(39)37-12-14-40-15-13-37)4-6-21(25(24)27(31,32)33)41-20-3-1-2-19(16-20)35-22(38)17-36-10-8-34-9-11-36/h1-7,16,34H,8-15,17H2,(H,35,38). The van der Waals surface area contributed by atoms with E-state index in [1.165, 1.54) is 23.1 Å². The maximum atomic E-state index is 14.2. The lowest BCUT2D eigenvalue weighted by atomic mass is 9.99. The van der Waals surface area contributed by atoms with Gasteiger partial charge in [0.1, 0.15) is 0 Å². The molecule has 0 bridgehead atoms. The van der Waals surface area contributed by atoms with Gasteiger partial charge in [0.05, 0.1) is 30.9 Å². The Morgan fingerprint density at radius 3 is 2.29 bits per heavy atom. The molecule has 2 aliphatic rings. The van der Waals surface area contributed by atoms with Crippen LogP contribution in [-0.4, -0.2) is 80.6 Å². The van der Waals surface area contributed by atoms with E-state index in [1.807, 2.05) is 4.90 Å². The Bertz CT molecular complexity index is 1270. The molecule has 14 heteroatoms. The number of carbonyl (C=O) groups is 2. The van der Waals surface area contributed by atoms with Crippen molar-refractivity contribution in [1.29, 1.82) is 0 Å². The van der Waals surface area contributed by atoms with E-state index in [0.29, 0.717) is 30.5 Å². The average Bonchev–Trinajstić information content (AvgIpc) is 2.92. The Morgan fingerprint density at radius 2 is 1.63 bits per heavy atom. The predicted octanol–water partition coefficient (Wildman–Crippen LogP) is 4.59. The highest BCUT2D eigenvalue weighted by molar-refractivity contribution is 7.99. The predicted molar refractivity (Wildman–Crippen MR) is 141 cm³/mol. The molecule has 0 aromatic heterocycles. The molecule has 2 aliphatic heterocycles. The lowest BCUT2D eigenvalue weighted by Crippen LogP contribution is -2.46. The minimum Gasteiger partial charge on any atom is -0.378 e. The van der Waals surface area contributed by atoms with Gasteiger partial charge in [-0.25, -0.2) is 0 Å². The number of halogens is 6. The molecule has 7 nitrogen and oxygen atoms in total. The third kappa shape index (κ3) is 8.47. The molecular formula is C27H28F6N4O3S. The molecule has 2 aromatic rings. The van der Waals surface area contributed by atoms with Crippen molar-refractivity contribution < 1.29 is 40.7 Å². The smallest absolute Gasteiger partial charge is 0.378 e. The summed E-state index contributed by atoms with van der Waals surface area (Å²) in [5.74, 6) is -0.934. The molecule has 0 saturated carbocycles. The van der Waals surface area contributed by atoms with Gasteiger partial charge in [-0.05, 0) is 35.9 Å². The van der Waals surface area contributed by atoms with Gasteiger partial charge < -0.3 is 20.3 Å². The van der Waals surface area contributed by atoms with Crippen molar-refractivity contribution >= 4 is 35.3 Å². The first-order valence-electron chi connectivity index (χ1n) is 12.8. The molecule has 222 valence electrons. The number of anilines is 1. The van der Waals surface area contributed by atoms with Gasteiger partial charge in [-0.2, -0.15) is 26.3 Å². The Labute approximate surface area is 236 Å². The third-order valence-corrected chi connectivity index (χ3v) is 7.47. The van der Waals surface area contributed by atoms with Gasteiger partial charge in [0.15, 0.2) is 0 Å². The van der Waals surface area contributed by atoms with E-state index >= 15 is 0 Å². The first-order valence-corrected chi connectivity index (χ1v) is 13.6. The molecule has 2 amide bonds. The number of benzene rings is 2. The summed E-state index contributed by atoms with van der Waals surface area (Å²) in [6.45, 7) is 4.00. The second-order valence-electron chi connectivity index (χ2n) is 9.37. The quantitative estimate of drug-likeness (QED) is 0.357. The fourth-order valence-corrected chi connectivity index (χ4v) is 5.54. The number of carbonyl (C=O) groups excluding carboxylic acids is 2. The van der Waals surface area contributed by atoms with E-state index in [9.17, 15) is 35.9 Å². The lowest BCUT2D eigenvalue weighted by Gasteiger charge is -2.26. The van der Waals surface area contributed by atoms with E-state index in [1.54, 1.807) is 6.07 Å². The molecule has 0 aliphatic carbocycles. The molecule has 0 atom stereocenters. The second-order valence-corrected chi connectivity index (χ2v) is 10.5. The fourth-order valence-electron chi connectivity index (χ4n) is 4.50. The largest absolute Gasteiger partial charge is 0.418 e. The summed E-state index contributed by atoms with van der Waals surface area (Å²) in [4.78, 5) is 27.7. The van der Waals surface area contributed by atoms with E-state index < -0.39 is 39.8 Å². The summed E-state index contributed by atoms with van der Waals surface area (Å²) in [5, 5.41) is 5.86. The van der Waals surface area contributed by atoms with Crippen LogP contribution < -0.4 is 10.6 Å². The fraction of sp³-hybridized carbons (Fsp3) is 0.407. The molecular weight excluding hydrogens is 574 g/mol. The van der Waals surface area contributed by atoms with Crippen LogP contribution in [0.3, 0.4) is 0 Å². The summed E-state index contributed by atoms with van der Waals surface area (Å²) in [6, 6.07) is 7.77. The van der Waals surface area contributed by atoms with Gasteiger partial charge in [0.2, 0.25) is 11.8 Å². The van der Waals surface area contributed by atoms with Crippen molar-refractivity contribution in [2.45, 2.75) is 22.1 Å². The third-order valence-electron chi connectivity index (χ3n) is 6.42. The number of rotatable bonds is 7. The number of nitrogens with one attached hydrogen (secondary N) is 2. The molecule has 2 heterocycles. The van der Waals surface area contributed by atoms with Crippen LogP contribution in [0.2, 0.25) is 0 Å². The highest BCUT2D eigenvalue weighted by Crippen LogP contribution is 2.48. The zero-order chi connectivity index (χ0) is 29.6. The first-order chi connectivity index (χ1) is 19.4. The molecule has 2 fully saturated rings. The van der Waals surface area contributed by atoms with Crippen molar-refractivity contribution in [3.63, 3.8) is 0 Å². The molecule has 2 aromatic carbocycles. The van der Waals surface area contributed by atoms with Crippen LogP contribution in [-0.2, 0) is 26.7 Å². The molecule has 0 unspecified atom stereocenters. The number of hydrogen-bond acceptors (Lipinski definition) is 6. The normalized spacial score (nSPS) is 17.2. The Morgan fingerprint density at radius 1 is 0.951 bits per heavy atom. The van der Waals surface area contributed by atoms with E-state index in [0.717, 1.165) is 37.4 Å². The lowest BCUT2D eigenvalue weighted by molar-refractivity contribution is -0.163. The van der Waals surface area contributed by atoms with Crippen molar-refractivity contribution in [2.24, 2.45) is 0 Å². The molecule has 41 heavy (non-hydrogen) atoms. The van der Waals surface area contributed by atoms with Gasteiger partial charge in [-0.1, -0.05) is 23.9 Å². The second kappa shape index (κ2) is 13.3. The van der Waals surface area contributed by atoms with Crippen molar-refractivity contribution in [3.05, 3.63) is 59.2 Å². The minimum atomic E-state index is -5.36. The summed E-state index contributed by atoms with van der Waals surface area (Å²) in [7, 11) is 0. The summed E-state index contributed by atoms with van der Waals surface area (Å²) in [6.07, 6.45) is -9.10. The number of morpholine rings is 1. The number of hydrogen-bond donors (Lipinski definition) is 2. The summed E-state index contributed by atoms with van der Waals surface area (Å²) in [5.41, 5.74) is -4.18. The topological polar surface area (TPSA) is 73.9 Å². The number of amides is 2. The first kappa shape index (κ1) is 30.9. The van der Waals surface area contributed by atoms with Crippen LogP contribution >= 0.6 is 11.8 Å². The van der Waals surface area contributed by atoms with Gasteiger partial charge in [0.25, 0.3) is 0 Å². The van der Waals surface area contributed by atoms with E-state index in [2.05, 4.69) is 10.6 Å².